The van der Waals surface area contributed by atoms with Gasteiger partial charge in [-0.15, -0.1) is 0 Å². The van der Waals surface area contributed by atoms with E-state index in [1.165, 1.54) is 0 Å². The van der Waals surface area contributed by atoms with Gasteiger partial charge in [0.1, 0.15) is 29.0 Å². The van der Waals surface area contributed by atoms with Crippen molar-refractivity contribution in [2.24, 2.45) is 0 Å². The summed E-state index contributed by atoms with van der Waals surface area (Å²) in [6, 6.07) is 14.9. The maximum atomic E-state index is 6.09. The van der Waals surface area contributed by atoms with E-state index in [4.69, 9.17) is 21.1 Å². The van der Waals surface area contributed by atoms with E-state index in [0.29, 0.717) is 34.8 Å². The second-order valence-electron chi connectivity index (χ2n) is 5.74. The van der Waals surface area contributed by atoms with Crippen LogP contribution in [0, 0.1) is 6.92 Å². The number of aromatic nitrogens is 2. The van der Waals surface area contributed by atoms with Crippen molar-refractivity contribution < 1.29 is 9.47 Å². The summed E-state index contributed by atoms with van der Waals surface area (Å²) < 4.78 is 10.8. The molecule has 2 aromatic carbocycles. The zero-order valence-electron chi connectivity index (χ0n) is 15.4. The van der Waals surface area contributed by atoms with Crippen LogP contribution in [0.3, 0.4) is 0 Å². The highest BCUT2D eigenvalue weighted by Crippen LogP contribution is 2.30. The van der Waals surface area contributed by atoms with Gasteiger partial charge >= 0.3 is 0 Å². The number of methoxy groups -OCH3 is 1. The van der Waals surface area contributed by atoms with Crippen LogP contribution in [0.25, 0.3) is 0 Å². The van der Waals surface area contributed by atoms with E-state index in [9.17, 15) is 0 Å². The summed E-state index contributed by atoms with van der Waals surface area (Å²) in [7, 11) is 1.61. The normalized spacial score (nSPS) is 10.4. The van der Waals surface area contributed by atoms with Gasteiger partial charge in [0.2, 0.25) is 0 Å². The smallest absolute Gasteiger partial charge is 0.142 e. The summed E-state index contributed by atoms with van der Waals surface area (Å²) in [5, 5.41) is 7.12. The molecule has 0 saturated heterocycles. The Bertz CT molecular complexity index is 916. The van der Waals surface area contributed by atoms with Crippen LogP contribution in [0.4, 0.5) is 23.0 Å². The van der Waals surface area contributed by atoms with Gasteiger partial charge in [-0.3, -0.25) is 0 Å². The van der Waals surface area contributed by atoms with Crippen molar-refractivity contribution in [2.75, 3.05) is 24.4 Å². The summed E-state index contributed by atoms with van der Waals surface area (Å²) in [5.74, 6) is 3.45. The quantitative estimate of drug-likeness (QED) is 0.573. The zero-order valence-corrected chi connectivity index (χ0v) is 16.2. The molecule has 140 valence electrons. The summed E-state index contributed by atoms with van der Waals surface area (Å²) in [6.45, 7) is 4.43. The molecule has 0 fully saturated rings. The van der Waals surface area contributed by atoms with Crippen LogP contribution in [0.15, 0.2) is 48.5 Å². The van der Waals surface area contributed by atoms with E-state index in [1.807, 2.05) is 44.2 Å². The van der Waals surface area contributed by atoms with Crippen molar-refractivity contribution in [2.45, 2.75) is 13.8 Å². The van der Waals surface area contributed by atoms with Gasteiger partial charge in [-0.05, 0) is 56.3 Å². The number of hydrogen-bond acceptors (Lipinski definition) is 6. The molecule has 0 spiro atoms. The lowest BCUT2D eigenvalue weighted by Gasteiger charge is -2.13. The van der Waals surface area contributed by atoms with Crippen molar-refractivity contribution in [3.63, 3.8) is 0 Å². The first-order valence-electron chi connectivity index (χ1n) is 8.53. The van der Waals surface area contributed by atoms with Crippen LogP contribution in [0.1, 0.15) is 12.7 Å². The van der Waals surface area contributed by atoms with Gasteiger partial charge in [0.05, 0.1) is 19.4 Å². The molecule has 0 aliphatic heterocycles. The molecule has 0 aliphatic carbocycles. The van der Waals surface area contributed by atoms with E-state index in [1.54, 1.807) is 25.3 Å². The molecule has 3 rings (SSSR count). The fourth-order valence-electron chi connectivity index (χ4n) is 2.56. The Morgan fingerprint density at radius 2 is 1.67 bits per heavy atom. The van der Waals surface area contributed by atoms with Crippen molar-refractivity contribution in [3.8, 4) is 11.5 Å². The summed E-state index contributed by atoms with van der Waals surface area (Å²) in [4.78, 5) is 8.87. The van der Waals surface area contributed by atoms with Gasteiger partial charge < -0.3 is 20.1 Å². The third kappa shape index (κ3) is 5.01. The minimum atomic E-state index is 0.608. The number of anilines is 4. The highest BCUT2D eigenvalue weighted by molar-refractivity contribution is 6.31. The summed E-state index contributed by atoms with van der Waals surface area (Å²) in [6.07, 6.45) is 0. The van der Waals surface area contributed by atoms with Gasteiger partial charge in [-0.1, -0.05) is 11.6 Å². The summed E-state index contributed by atoms with van der Waals surface area (Å²) in [5.41, 5.74) is 1.64. The first-order chi connectivity index (χ1) is 13.1. The highest BCUT2D eigenvalue weighted by atomic mass is 35.5. The zero-order chi connectivity index (χ0) is 19.2. The third-order valence-corrected chi connectivity index (χ3v) is 3.94. The van der Waals surface area contributed by atoms with Gasteiger partial charge in [0.25, 0.3) is 0 Å². The van der Waals surface area contributed by atoms with Crippen molar-refractivity contribution >= 4 is 34.6 Å². The Hall–Kier alpha value is -2.99. The van der Waals surface area contributed by atoms with Crippen LogP contribution >= 0.6 is 11.6 Å². The predicted octanol–water partition coefficient (Wildman–Crippen LogP) is 5.33. The number of nitrogens with one attached hydrogen (secondary N) is 2. The first-order valence-corrected chi connectivity index (χ1v) is 8.91. The van der Waals surface area contributed by atoms with Crippen LogP contribution in [0.5, 0.6) is 11.5 Å². The second-order valence-corrected chi connectivity index (χ2v) is 6.17. The van der Waals surface area contributed by atoms with Gasteiger partial charge in [-0.2, -0.15) is 0 Å². The van der Waals surface area contributed by atoms with Crippen LogP contribution in [-0.2, 0) is 0 Å². The lowest BCUT2D eigenvalue weighted by molar-refractivity contribution is 0.340. The van der Waals surface area contributed by atoms with Gasteiger partial charge in [0.15, 0.2) is 0 Å². The average Bonchev–Trinajstić information content (AvgIpc) is 2.63. The van der Waals surface area contributed by atoms with E-state index in [2.05, 4.69) is 20.6 Å². The Morgan fingerprint density at radius 1 is 0.963 bits per heavy atom. The molecule has 6 nitrogen and oxygen atoms in total. The molecule has 0 bridgehead atoms. The Balaban J connectivity index is 1.81. The lowest BCUT2D eigenvalue weighted by Crippen LogP contribution is -2.02. The molecule has 2 N–H and O–H groups in total. The number of rotatable bonds is 7. The number of nitrogens with zero attached hydrogens (tertiary/aromatic N) is 2. The van der Waals surface area contributed by atoms with E-state index in [-0.39, 0.29) is 0 Å². The second kappa shape index (κ2) is 8.60. The molecule has 27 heavy (non-hydrogen) atoms. The number of aryl methyl sites for hydroxylation is 1. The lowest BCUT2D eigenvalue weighted by atomic mass is 10.3. The maximum absolute atomic E-state index is 6.09. The predicted molar refractivity (Wildman–Crippen MR) is 109 cm³/mol. The van der Waals surface area contributed by atoms with Gasteiger partial charge in [0, 0.05) is 16.8 Å². The molecular formula is C20H21ClN4O2. The molecule has 0 atom stereocenters. The van der Waals surface area contributed by atoms with Crippen molar-refractivity contribution in [1.29, 1.82) is 0 Å². The number of hydrogen-bond donors (Lipinski definition) is 2. The minimum Gasteiger partial charge on any atom is -0.495 e. The third-order valence-electron chi connectivity index (χ3n) is 3.70. The molecular weight excluding hydrogens is 364 g/mol. The highest BCUT2D eigenvalue weighted by Gasteiger charge is 2.08. The fourth-order valence-corrected chi connectivity index (χ4v) is 2.73. The SMILES string of the molecule is CCOc1ccc(Nc2cc(Nc3cc(Cl)ccc3OC)nc(C)n2)cc1. The first kappa shape index (κ1) is 18.8. The van der Waals surface area contributed by atoms with E-state index >= 15 is 0 Å². The topological polar surface area (TPSA) is 68.3 Å². The minimum absolute atomic E-state index is 0.608. The Morgan fingerprint density at radius 3 is 2.33 bits per heavy atom. The molecule has 1 heterocycles. The summed E-state index contributed by atoms with van der Waals surface area (Å²) >= 11 is 6.09. The molecule has 0 unspecified atom stereocenters. The molecule has 7 heteroatoms. The van der Waals surface area contributed by atoms with E-state index < -0.39 is 0 Å². The van der Waals surface area contributed by atoms with Crippen LogP contribution in [-0.4, -0.2) is 23.7 Å². The molecule has 0 amide bonds. The molecule has 0 radical (unpaired) electrons. The Labute approximate surface area is 163 Å². The molecule has 0 aliphatic rings. The standard InChI is InChI=1S/C20H21ClN4O2/c1-4-27-16-8-6-15(7-9-16)24-19-12-20(23-13(2)22-19)25-17-11-14(21)5-10-18(17)26-3/h5-12H,4H2,1-3H3,(H2,22,23,24,25). The molecule has 1 aromatic heterocycles. The molecule has 0 saturated carbocycles. The van der Waals surface area contributed by atoms with Gasteiger partial charge in [-0.25, -0.2) is 9.97 Å². The van der Waals surface area contributed by atoms with Crippen LogP contribution in [0.2, 0.25) is 5.02 Å². The largest absolute Gasteiger partial charge is 0.495 e. The monoisotopic (exact) mass is 384 g/mol. The van der Waals surface area contributed by atoms with E-state index in [0.717, 1.165) is 17.1 Å². The average molecular weight is 385 g/mol. The number of ether oxygens (including phenoxy) is 2. The number of halogens is 1. The Kier molecular flexibility index (Phi) is 5.98. The fraction of sp³-hybridized carbons (Fsp3) is 0.200. The molecule has 3 aromatic rings. The van der Waals surface area contributed by atoms with Crippen molar-refractivity contribution in [3.05, 3.63) is 59.4 Å². The van der Waals surface area contributed by atoms with Crippen LogP contribution < -0.4 is 20.1 Å². The maximum Gasteiger partial charge on any atom is 0.142 e. The van der Waals surface area contributed by atoms with Crippen molar-refractivity contribution in [1.82, 2.24) is 9.97 Å². The number of benzene rings is 2.